The largest absolute Gasteiger partial charge is 0.493 e. The summed E-state index contributed by atoms with van der Waals surface area (Å²) in [7, 11) is 0. The highest BCUT2D eigenvalue weighted by atomic mass is 35.5. The molecule has 2 unspecified atom stereocenters. The number of hydrogen-bond donors (Lipinski definition) is 0. The van der Waals surface area contributed by atoms with Crippen LogP contribution in [0.3, 0.4) is 0 Å². The van der Waals surface area contributed by atoms with Crippen molar-refractivity contribution in [3.63, 3.8) is 0 Å². The maximum Gasteiger partial charge on any atom is 0.123 e. The van der Waals surface area contributed by atoms with Crippen molar-refractivity contribution in [3.05, 3.63) is 65.5 Å². The molecule has 3 heteroatoms. The van der Waals surface area contributed by atoms with Gasteiger partial charge in [-0.2, -0.15) is 0 Å². The van der Waals surface area contributed by atoms with Gasteiger partial charge in [0.15, 0.2) is 0 Å². The summed E-state index contributed by atoms with van der Waals surface area (Å²) < 4.78 is 18.6. The van der Waals surface area contributed by atoms with E-state index in [2.05, 4.69) is 6.07 Å². The highest BCUT2D eigenvalue weighted by Gasteiger charge is 2.28. The summed E-state index contributed by atoms with van der Waals surface area (Å²) in [4.78, 5) is 0. The Morgan fingerprint density at radius 1 is 1.11 bits per heavy atom. The molecular weight excluding hydrogens is 263 g/mol. The van der Waals surface area contributed by atoms with Crippen molar-refractivity contribution >= 4 is 11.6 Å². The normalized spacial score (nSPS) is 19.4. The van der Waals surface area contributed by atoms with Gasteiger partial charge in [0.1, 0.15) is 11.6 Å². The van der Waals surface area contributed by atoms with E-state index in [1.54, 1.807) is 12.1 Å². The van der Waals surface area contributed by atoms with Gasteiger partial charge in [-0.1, -0.05) is 30.3 Å². The fourth-order valence-corrected chi connectivity index (χ4v) is 2.96. The van der Waals surface area contributed by atoms with Crippen molar-refractivity contribution in [2.24, 2.45) is 0 Å². The second-order valence-corrected chi connectivity index (χ2v) is 5.20. The van der Waals surface area contributed by atoms with Crippen LogP contribution in [0.15, 0.2) is 48.5 Å². The van der Waals surface area contributed by atoms with Gasteiger partial charge in [0.05, 0.1) is 12.0 Å². The number of rotatable bonds is 2. The first kappa shape index (κ1) is 12.5. The minimum Gasteiger partial charge on any atom is -0.493 e. The molecule has 0 radical (unpaired) electrons. The second-order valence-electron chi connectivity index (χ2n) is 4.73. The Hall–Kier alpha value is -1.54. The molecule has 2 aromatic rings. The van der Waals surface area contributed by atoms with Crippen molar-refractivity contribution in [1.29, 1.82) is 0 Å². The molecule has 0 saturated heterocycles. The van der Waals surface area contributed by atoms with Crippen LogP contribution in [0.25, 0.3) is 0 Å². The van der Waals surface area contributed by atoms with Crippen LogP contribution in [0.5, 0.6) is 5.75 Å². The van der Waals surface area contributed by atoms with Gasteiger partial charge in [-0.05, 0) is 35.7 Å². The molecule has 1 heterocycles. The Balaban J connectivity index is 1.92. The standard InChI is InChI=1S/C16H14ClFO/c17-16(11-5-7-12(18)8-6-11)14-9-10-19-15-4-2-1-3-13(14)15/h1-8,14,16H,9-10H2. The van der Waals surface area contributed by atoms with Gasteiger partial charge in [-0.15, -0.1) is 11.6 Å². The van der Waals surface area contributed by atoms with Crippen molar-refractivity contribution in [3.8, 4) is 5.75 Å². The molecule has 0 spiro atoms. The average molecular weight is 277 g/mol. The van der Waals surface area contributed by atoms with E-state index in [1.807, 2.05) is 18.2 Å². The predicted octanol–water partition coefficient (Wildman–Crippen LogP) is 4.67. The number of alkyl halides is 1. The summed E-state index contributed by atoms with van der Waals surface area (Å²) in [6.45, 7) is 0.673. The van der Waals surface area contributed by atoms with E-state index in [-0.39, 0.29) is 17.1 Å². The van der Waals surface area contributed by atoms with E-state index in [1.165, 1.54) is 12.1 Å². The van der Waals surface area contributed by atoms with Gasteiger partial charge in [-0.25, -0.2) is 4.39 Å². The van der Waals surface area contributed by atoms with Crippen molar-refractivity contribution in [2.45, 2.75) is 17.7 Å². The lowest BCUT2D eigenvalue weighted by molar-refractivity contribution is 0.265. The molecule has 0 N–H and O–H groups in total. The first-order valence-corrected chi connectivity index (χ1v) is 6.80. The summed E-state index contributed by atoms with van der Waals surface area (Å²) >= 11 is 6.59. The second kappa shape index (κ2) is 5.22. The number of fused-ring (bicyclic) bond motifs is 1. The fourth-order valence-electron chi connectivity index (χ4n) is 2.55. The van der Waals surface area contributed by atoms with E-state index in [0.29, 0.717) is 6.61 Å². The van der Waals surface area contributed by atoms with Crippen LogP contribution >= 0.6 is 11.6 Å². The number of para-hydroxylation sites is 1. The Kier molecular flexibility index (Phi) is 3.43. The summed E-state index contributed by atoms with van der Waals surface area (Å²) in [5.41, 5.74) is 2.09. The third-order valence-electron chi connectivity index (χ3n) is 3.55. The molecule has 0 fully saturated rings. The zero-order valence-electron chi connectivity index (χ0n) is 10.4. The molecule has 0 saturated carbocycles. The molecule has 2 aromatic carbocycles. The lowest BCUT2D eigenvalue weighted by Crippen LogP contribution is -2.17. The summed E-state index contributed by atoms with van der Waals surface area (Å²) in [6, 6.07) is 14.4. The van der Waals surface area contributed by atoms with Crippen LogP contribution in [-0.2, 0) is 0 Å². The predicted molar refractivity (Wildman–Crippen MR) is 74.3 cm³/mol. The molecule has 19 heavy (non-hydrogen) atoms. The highest BCUT2D eigenvalue weighted by molar-refractivity contribution is 6.21. The molecule has 0 bridgehead atoms. The Morgan fingerprint density at radius 3 is 2.63 bits per heavy atom. The molecular formula is C16H14ClFO. The Morgan fingerprint density at radius 2 is 1.84 bits per heavy atom. The van der Waals surface area contributed by atoms with Gasteiger partial charge < -0.3 is 4.74 Å². The lowest BCUT2D eigenvalue weighted by Gasteiger charge is -2.29. The van der Waals surface area contributed by atoms with E-state index < -0.39 is 0 Å². The molecule has 3 rings (SSSR count). The van der Waals surface area contributed by atoms with Gasteiger partial charge in [0.2, 0.25) is 0 Å². The van der Waals surface area contributed by atoms with Crippen LogP contribution in [-0.4, -0.2) is 6.61 Å². The molecule has 0 aromatic heterocycles. The van der Waals surface area contributed by atoms with Crippen molar-refractivity contribution in [2.75, 3.05) is 6.61 Å². The molecule has 1 aliphatic heterocycles. The Bertz CT molecular complexity index is 567. The first-order chi connectivity index (χ1) is 9.25. The summed E-state index contributed by atoms with van der Waals surface area (Å²) in [5.74, 6) is 0.878. The number of hydrogen-bond acceptors (Lipinski definition) is 1. The highest BCUT2D eigenvalue weighted by Crippen LogP contribution is 2.44. The molecule has 0 amide bonds. The zero-order valence-corrected chi connectivity index (χ0v) is 11.1. The Labute approximate surface area is 117 Å². The minimum atomic E-state index is -0.236. The number of halogens is 2. The molecule has 98 valence electrons. The number of ether oxygens (including phenoxy) is 1. The van der Waals surface area contributed by atoms with Crippen molar-refractivity contribution in [1.82, 2.24) is 0 Å². The first-order valence-electron chi connectivity index (χ1n) is 6.37. The molecule has 1 nitrogen and oxygen atoms in total. The van der Waals surface area contributed by atoms with Crippen LogP contribution < -0.4 is 4.74 Å². The summed E-state index contributed by atoms with van der Waals surface area (Å²) in [6.07, 6.45) is 0.878. The fraction of sp³-hybridized carbons (Fsp3) is 0.250. The van der Waals surface area contributed by atoms with Crippen LogP contribution in [0, 0.1) is 5.82 Å². The van der Waals surface area contributed by atoms with E-state index in [4.69, 9.17) is 16.3 Å². The minimum absolute atomic E-state index is 0.161. The van der Waals surface area contributed by atoms with E-state index >= 15 is 0 Å². The molecule has 1 aliphatic rings. The van der Waals surface area contributed by atoms with Crippen LogP contribution in [0.4, 0.5) is 4.39 Å². The quantitative estimate of drug-likeness (QED) is 0.724. The van der Waals surface area contributed by atoms with E-state index in [0.717, 1.165) is 23.3 Å². The van der Waals surface area contributed by atoms with Gasteiger partial charge >= 0.3 is 0 Å². The monoisotopic (exact) mass is 276 g/mol. The average Bonchev–Trinajstić information content (AvgIpc) is 2.47. The molecule has 2 atom stereocenters. The maximum atomic E-state index is 13.0. The SMILES string of the molecule is Fc1ccc(C(Cl)C2CCOc3ccccc32)cc1. The van der Waals surface area contributed by atoms with Crippen LogP contribution in [0.2, 0.25) is 0 Å². The third kappa shape index (κ3) is 2.45. The van der Waals surface area contributed by atoms with Gasteiger partial charge in [0, 0.05) is 5.92 Å². The maximum absolute atomic E-state index is 13.0. The lowest BCUT2D eigenvalue weighted by atomic mass is 9.87. The third-order valence-corrected chi connectivity index (χ3v) is 4.10. The smallest absolute Gasteiger partial charge is 0.123 e. The van der Waals surface area contributed by atoms with Gasteiger partial charge in [0.25, 0.3) is 0 Å². The zero-order chi connectivity index (χ0) is 13.2. The number of benzene rings is 2. The van der Waals surface area contributed by atoms with Gasteiger partial charge in [-0.3, -0.25) is 0 Å². The van der Waals surface area contributed by atoms with E-state index in [9.17, 15) is 4.39 Å². The molecule has 0 aliphatic carbocycles. The topological polar surface area (TPSA) is 9.23 Å². The summed E-state index contributed by atoms with van der Waals surface area (Å²) in [5, 5.41) is -0.161. The van der Waals surface area contributed by atoms with Crippen molar-refractivity contribution < 1.29 is 9.13 Å². The van der Waals surface area contributed by atoms with Crippen LogP contribution in [0.1, 0.15) is 28.8 Å².